The lowest BCUT2D eigenvalue weighted by Crippen LogP contribution is -2.18. The van der Waals surface area contributed by atoms with E-state index in [9.17, 15) is 19.7 Å². The molecule has 0 aliphatic carbocycles. The average Bonchev–Trinajstić information content (AvgIpc) is 3.29. The van der Waals surface area contributed by atoms with Gasteiger partial charge in [-0.25, -0.2) is 4.79 Å². The normalized spacial score (nSPS) is 16.0. The van der Waals surface area contributed by atoms with Gasteiger partial charge in [-0.2, -0.15) is 0 Å². The van der Waals surface area contributed by atoms with Crippen LogP contribution < -0.4 is 0 Å². The van der Waals surface area contributed by atoms with Gasteiger partial charge in [0.2, 0.25) is 5.78 Å². The zero-order chi connectivity index (χ0) is 21.1. The van der Waals surface area contributed by atoms with E-state index >= 15 is 0 Å². The fourth-order valence-corrected chi connectivity index (χ4v) is 3.64. The quantitative estimate of drug-likeness (QED) is 0.291. The van der Waals surface area contributed by atoms with Crippen molar-refractivity contribution in [3.63, 3.8) is 0 Å². The van der Waals surface area contributed by atoms with Crippen LogP contribution in [0.25, 0.3) is 0 Å². The minimum Gasteiger partial charge on any atom is -0.454 e. The SMILES string of the molecule is Cc1cc(C(=O)COC(=O)c2ccc(Cl)cc2[N+](=O)[O-])c(C)n1C[C@@H]1CCCO1. The minimum absolute atomic E-state index is 0.128. The molecule has 1 saturated heterocycles. The van der Waals surface area contributed by atoms with Crippen LogP contribution in [-0.4, -0.2) is 40.6 Å². The summed E-state index contributed by atoms with van der Waals surface area (Å²) in [4.78, 5) is 35.3. The van der Waals surface area contributed by atoms with E-state index in [4.69, 9.17) is 21.1 Å². The second-order valence-corrected chi connectivity index (χ2v) is 7.38. The van der Waals surface area contributed by atoms with Crippen LogP contribution in [0.1, 0.15) is 44.9 Å². The summed E-state index contributed by atoms with van der Waals surface area (Å²) in [5, 5.41) is 11.3. The van der Waals surface area contributed by atoms with E-state index in [-0.39, 0.29) is 22.5 Å². The molecule has 0 saturated carbocycles. The summed E-state index contributed by atoms with van der Waals surface area (Å²) in [6, 6.07) is 5.39. The number of aryl methyl sites for hydroxylation is 1. The van der Waals surface area contributed by atoms with Crippen LogP contribution in [-0.2, 0) is 16.0 Å². The monoisotopic (exact) mass is 420 g/mol. The van der Waals surface area contributed by atoms with E-state index in [1.54, 1.807) is 6.07 Å². The maximum Gasteiger partial charge on any atom is 0.345 e. The molecular weight excluding hydrogens is 400 g/mol. The van der Waals surface area contributed by atoms with Crippen LogP contribution in [0.15, 0.2) is 24.3 Å². The molecule has 3 rings (SSSR count). The van der Waals surface area contributed by atoms with Crippen molar-refractivity contribution in [3.05, 3.63) is 61.9 Å². The first-order valence-corrected chi connectivity index (χ1v) is 9.58. The number of aromatic nitrogens is 1. The highest BCUT2D eigenvalue weighted by atomic mass is 35.5. The zero-order valence-electron chi connectivity index (χ0n) is 16.1. The van der Waals surface area contributed by atoms with Gasteiger partial charge in [0.15, 0.2) is 6.61 Å². The summed E-state index contributed by atoms with van der Waals surface area (Å²) in [6.07, 6.45) is 2.14. The van der Waals surface area contributed by atoms with Crippen LogP contribution in [0.5, 0.6) is 0 Å². The van der Waals surface area contributed by atoms with E-state index in [1.807, 2.05) is 18.4 Å². The maximum absolute atomic E-state index is 12.6. The summed E-state index contributed by atoms with van der Waals surface area (Å²) >= 11 is 5.75. The third-order valence-electron chi connectivity index (χ3n) is 4.99. The van der Waals surface area contributed by atoms with E-state index in [1.165, 1.54) is 12.1 Å². The van der Waals surface area contributed by atoms with E-state index in [0.29, 0.717) is 12.1 Å². The fourth-order valence-electron chi connectivity index (χ4n) is 3.47. The third kappa shape index (κ3) is 4.65. The Morgan fingerprint density at radius 2 is 2.07 bits per heavy atom. The number of nitrogens with zero attached hydrogens (tertiary/aromatic N) is 2. The molecule has 154 valence electrons. The molecule has 0 amide bonds. The Balaban J connectivity index is 1.70. The van der Waals surface area contributed by atoms with Crippen molar-refractivity contribution in [2.24, 2.45) is 0 Å². The average molecular weight is 421 g/mol. The van der Waals surface area contributed by atoms with E-state index in [0.717, 1.165) is 36.9 Å². The van der Waals surface area contributed by atoms with Crippen molar-refractivity contribution < 1.29 is 24.0 Å². The predicted octanol–water partition coefficient (Wildman–Crippen LogP) is 3.89. The maximum atomic E-state index is 12.6. The van der Waals surface area contributed by atoms with Crippen molar-refractivity contribution in [2.75, 3.05) is 13.2 Å². The molecule has 1 aromatic carbocycles. The third-order valence-corrected chi connectivity index (χ3v) is 5.23. The molecule has 0 radical (unpaired) electrons. The molecule has 0 spiro atoms. The number of carbonyl (C=O) groups is 2. The van der Waals surface area contributed by atoms with Crippen molar-refractivity contribution in [2.45, 2.75) is 39.3 Å². The number of rotatable bonds is 7. The van der Waals surface area contributed by atoms with Crippen LogP contribution in [0.2, 0.25) is 5.02 Å². The first-order chi connectivity index (χ1) is 13.8. The van der Waals surface area contributed by atoms with Crippen LogP contribution in [0.4, 0.5) is 5.69 Å². The van der Waals surface area contributed by atoms with Crippen molar-refractivity contribution in [1.82, 2.24) is 4.57 Å². The molecule has 1 aliphatic rings. The smallest absolute Gasteiger partial charge is 0.345 e. The number of hydrogen-bond donors (Lipinski definition) is 0. The highest BCUT2D eigenvalue weighted by molar-refractivity contribution is 6.31. The number of nitro groups is 1. The van der Waals surface area contributed by atoms with Crippen LogP contribution >= 0.6 is 11.6 Å². The van der Waals surface area contributed by atoms with Gasteiger partial charge in [-0.15, -0.1) is 0 Å². The minimum atomic E-state index is -0.949. The molecule has 1 aromatic heterocycles. The molecule has 2 aromatic rings. The van der Waals surface area contributed by atoms with Crippen molar-refractivity contribution >= 4 is 29.0 Å². The first kappa shape index (κ1) is 21.0. The summed E-state index contributed by atoms with van der Waals surface area (Å²) in [7, 11) is 0. The number of nitro benzene ring substituents is 1. The lowest BCUT2D eigenvalue weighted by atomic mass is 10.1. The van der Waals surface area contributed by atoms with Gasteiger partial charge in [-0.1, -0.05) is 11.6 Å². The van der Waals surface area contributed by atoms with Gasteiger partial charge in [0.25, 0.3) is 5.69 Å². The number of Topliss-reactive ketones (excluding diaryl/α,β-unsaturated/α-hetero) is 1. The van der Waals surface area contributed by atoms with Gasteiger partial charge in [0.1, 0.15) is 5.56 Å². The Kier molecular flexibility index (Phi) is 6.34. The molecule has 0 unspecified atom stereocenters. The Labute approximate surface area is 172 Å². The number of ketones is 1. The number of carbonyl (C=O) groups excluding carboxylic acids is 2. The van der Waals surface area contributed by atoms with Gasteiger partial charge in [0, 0.05) is 41.2 Å². The number of ether oxygens (including phenoxy) is 2. The molecule has 1 fully saturated rings. The Morgan fingerprint density at radius 1 is 1.31 bits per heavy atom. The first-order valence-electron chi connectivity index (χ1n) is 9.20. The van der Waals surface area contributed by atoms with Crippen molar-refractivity contribution in [1.29, 1.82) is 0 Å². The lowest BCUT2D eigenvalue weighted by Gasteiger charge is -2.14. The molecular formula is C20H21ClN2O6. The summed E-state index contributed by atoms with van der Waals surface area (Å²) in [5.41, 5.74) is 1.43. The van der Waals surface area contributed by atoms with Crippen molar-refractivity contribution in [3.8, 4) is 0 Å². The lowest BCUT2D eigenvalue weighted by molar-refractivity contribution is -0.385. The Morgan fingerprint density at radius 3 is 2.72 bits per heavy atom. The molecule has 0 bridgehead atoms. The topological polar surface area (TPSA) is 101 Å². The number of benzene rings is 1. The van der Waals surface area contributed by atoms with Gasteiger partial charge < -0.3 is 14.0 Å². The number of esters is 1. The Bertz CT molecular complexity index is 962. The zero-order valence-corrected chi connectivity index (χ0v) is 16.9. The van der Waals surface area contributed by atoms with E-state index in [2.05, 4.69) is 0 Å². The molecule has 9 heteroatoms. The highest BCUT2D eigenvalue weighted by Crippen LogP contribution is 2.24. The number of hydrogen-bond acceptors (Lipinski definition) is 6. The second kappa shape index (κ2) is 8.75. The van der Waals surface area contributed by atoms with Gasteiger partial charge in [-0.05, 0) is 44.9 Å². The highest BCUT2D eigenvalue weighted by Gasteiger charge is 2.24. The Hall–Kier alpha value is -2.71. The molecule has 0 N–H and O–H groups in total. The number of halogens is 1. The summed E-state index contributed by atoms with van der Waals surface area (Å²) in [6.45, 7) is 4.65. The van der Waals surface area contributed by atoms with E-state index < -0.39 is 23.2 Å². The van der Waals surface area contributed by atoms with Crippen LogP contribution in [0.3, 0.4) is 0 Å². The molecule has 8 nitrogen and oxygen atoms in total. The van der Waals surface area contributed by atoms with Gasteiger partial charge >= 0.3 is 5.97 Å². The molecule has 2 heterocycles. The van der Waals surface area contributed by atoms with Gasteiger partial charge in [-0.3, -0.25) is 14.9 Å². The molecule has 29 heavy (non-hydrogen) atoms. The standard InChI is InChI=1S/C20H21ClN2O6/c1-12-8-17(13(2)22(12)10-15-4-3-7-28-15)19(24)11-29-20(25)16-6-5-14(21)9-18(16)23(26)27/h5-6,8-9,15H,3-4,7,10-11H2,1-2H3/t15-/m0/s1. The summed E-state index contributed by atoms with van der Waals surface area (Å²) in [5.74, 6) is -1.32. The summed E-state index contributed by atoms with van der Waals surface area (Å²) < 4.78 is 12.7. The second-order valence-electron chi connectivity index (χ2n) is 6.95. The molecule has 1 aliphatic heterocycles. The fraction of sp³-hybridized carbons (Fsp3) is 0.400. The molecule has 1 atom stereocenters. The largest absolute Gasteiger partial charge is 0.454 e. The predicted molar refractivity (Wildman–Crippen MR) is 106 cm³/mol. The van der Waals surface area contributed by atoms with Gasteiger partial charge in [0.05, 0.1) is 11.0 Å². The van der Waals surface area contributed by atoms with Crippen LogP contribution in [0, 0.1) is 24.0 Å².